The molecule has 116 valence electrons. The van der Waals surface area contributed by atoms with Gasteiger partial charge in [0, 0.05) is 38.8 Å². The fourth-order valence-electron chi connectivity index (χ4n) is 2.51. The van der Waals surface area contributed by atoms with Crippen molar-refractivity contribution in [1.29, 1.82) is 0 Å². The lowest BCUT2D eigenvalue weighted by Crippen LogP contribution is -2.56. The summed E-state index contributed by atoms with van der Waals surface area (Å²) in [6.45, 7) is 9.15. The fourth-order valence-corrected chi connectivity index (χ4v) is 2.51. The largest absolute Gasteiger partial charge is 0.355 e. The molecule has 1 heterocycles. The predicted octanol–water partition coefficient (Wildman–Crippen LogP) is -0.347. The lowest BCUT2D eigenvalue weighted by Gasteiger charge is -2.36. The monoisotopic (exact) mass is 284 g/mol. The van der Waals surface area contributed by atoms with Gasteiger partial charge in [-0.25, -0.2) is 0 Å². The molecule has 0 bridgehead atoms. The number of likely N-dealkylation sites (N-methyl/N-ethyl adjacent to an activating group) is 1. The van der Waals surface area contributed by atoms with Crippen molar-refractivity contribution < 1.29 is 9.59 Å². The molecule has 2 amide bonds. The molecule has 0 aromatic rings. The molecule has 2 N–H and O–H groups in total. The second-order valence-corrected chi connectivity index (χ2v) is 5.76. The summed E-state index contributed by atoms with van der Waals surface area (Å²) in [5.74, 6) is -0.0947. The Morgan fingerprint density at radius 1 is 1.30 bits per heavy atom. The lowest BCUT2D eigenvalue weighted by molar-refractivity contribution is -0.135. The zero-order valence-corrected chi connectivity index (χ0v) is 13.1. The Kier molecular flexibility index (Phi) is 6.95. The van der Waals surface area contributed by atoms with Crippen LogP contribution in [0, 0.1) is 0 Å². The quantitative estimate of drug-likeness (QED) is 0.700. The van der Waals surface area contributed by atoms with Crippen LogP contribution in [0.4, 0.5) is 0 Å². The Morgan fingerprint density at radius 3 is 2.45 bits per heavy atom. The van der Waals surface area contributed by atoms with E-state index >= 15 is 0 Å². The highest BCUT2D eigenvalue weighted by atomic mass is 16.2. The first kappa shape index (κ1) is 16.9. The summed E-state index contributed by atoms with van der Waals surface area (Å²) in [5.41, 5.74) is 0. The molecule has 1 saturated heterocycles. The molecule has 0 aromatic heterocycles. The van der Waals surface area contributed by atoms with E-state index in [1.54, 1.807) is 7.05 Å². The molecule has 20 heavy (non-hydrogen) atoms. The molecule has 0 aromatic carbocycles. The Hall–Kier alpha value is -1.14. The van der Waals surface area contributed by atoms with Gasteiger partial charge >= 0.3 is 0 Å². The third kappa shape index (κ3) is 5.88. The van der Waals surface area contributed by atoms with Gasteiger partial charge in [-0.1, -0.05) is 6.92 Å². The van der Waals surface area contributed by atoms with E-state index in [0.29, 0.717) is 25.2 Å². The van der Waals surface area contributed by atoms with Crippen LogP contribution < -0.4 is 10.6 Å². The smallest absolute Gasteiger partial charge is 0.239 e. The van der Waals surface area contributed by atoms with Crippen molar-refractivity contribution in [1.82, 2.24) is 20.4 Å². The summed E-state index contributed by atoms with van der Waals surface area (Å²) >= 11 is 0. The van der Waals surface area contributed by atoms with Gasteiger partial charge in [0.2, 0.25) is 11.8 Å². The number of carbonyl (C=O) groups excluding carboxylic acids is 2. The molecule has 1 rings (SSSR count). The zero-order valence-electron chi connectivity index (χ0n) is 13.1. The van der Waals surface area contributed by atoms with Crippen LogP contribution in [-0.4, -0.2) is 73.5 Å². The minimum atomic E-state index is -0.0928. The van der Waals surface area contributed by atoms with E-state index in [1.807, 2.05) is 6.92 Å². The van der Waals surface area contributed by atoms with Gasteiger partial charge in [0.15, 0.2) is 0 Å². The van der Waals surface area contributed by atoms with Gasteiger partial charge in [-0.05, 0) is 20.3 Å². The number of amides is 2. The number of nitrogens with zero attached hydrogens (tertiary/aromatic N) is 2. The number of carbonyl (C=O) groups is 2. The molecule has 0 radical (unpaired) electrons. The summed E-state index contributed by atoms with van der Waals surface area (Å²) in [7, 11) is 1.68. The van der Waals surface area contributed by atoms with Crippen molar-refractivity contribution in [2.45, 2.75) is 39.3 Å². The highest BCUT2D eigenvalue weighted by Gasteiger charge is 2.24. The van der Waals surface area contributed by atoms with E-state index in [4.69, 9.17) is 0 Å². The molecular weight excluding hydrogens is 256 g/mol. The maximum Gasteiger partial charge on any atom is 0.239 e. The molecule has 0 saturated carbocycles. The van der Waals surface area contributed by atoms with E-state index in [9.17, 15) is 9.59 Å². The molecule has 6 heteroatoms. The summed E-state index contributed by atoms with van der Waals surface area (Å²) in [6, 6.07) is 0.786. The second kappa shape index (κ2) is 8.21. The van der Waals surface area contributed by atoms with Crippen LogP contribution in [-0.2, 0) is 9.59 Å². The summed E-state index contributed by atoms with van der Waals surface area (Å²) < 4.78 is 0. The highest BCUT2D eigenvalue weighted by Crippen LogP contribution is 2.04. The standard InChI is InChI=1S/C14H28N4O2/c1-5-6-15-13(19)9-17(4)14(20)10-18-7-11(2)16-12(3)8-18/h11-12,16H,5-10H2,1-4H3,(H,15,19). The molecule has 2 unspecified atom stereocenters. The van der Waals surface area contributed by atoms with Crippen molar-refractivity contribution in [3.05, 3.63) is 0 Å². The average Bonchev–Trinajstić information content (AvgIpc) is 2.34. The Balaban J connectivity index is 2.35. The van der Waals surface area contributed by atoms with Crippen LogP contribution in [0.15, 0.2) is 0 Å². The molecule has 1 aliphatic rings. The van der Waals surface area contributed by atoms with Crippen molar-refractivity contribution in [2.24, 2.45) is 0 Å². The number of nitrogens with one attached hydrogen (secondary N) is 2. The maximum atomic E-state index is 12.1. The van der Waals surface area contributed by atoms with E-state index in [1.165, 1.54) is 4.90 Å². The Bertz CT molecular complexity index is 325. The molecule has 0 spiro atoms. The topological polar surface area (TPSA) is 64.7 Å². The van der Waals surface area contributed by atoms with Gasteiger partial charge in [-0.2, -0.15) is 0 Å². The van der Waals surface area contributed by atoms with Crippen LogP contribution in [0.25, 0.3) is 0 Å². The number of hydrogen-bond donors (Lipinski definition) is 2. The predicted molar refractivity (Wildman–Crippen MR) is 79.4 cm³/mol. The SMILES string of the molecule is CCCNC(=O)CN(C)C(=O)CN1CC(C)NC(C)C1. The molecule has 1 aliphatic heterocycles. The highest BCUT2D eigenvalue weighted by molar-refractivity contribution is 5.85. The summed E-state index contributed by atoms with van der Waals surface area (Å²) in [4.78, 5) is 27.4. The minimum absolute atomic E-state index is 0.00190. The van der Waals surface area contributed by atoms with Crippen LogP contribution in [0.5, 0.6) is 0 Å². The van der Waals surface area contributed by atoms with Crippen LogP contribution in [0.3, 0.4) is 0 Å². The Morgan fingerprint density at radius 2 is 1.90 bits per heavy atom. The summed E-state index contributed by atoms with van der Waals surface area (Å²) in [6.07, 6.45) is 0.903. The van der Waals surface area contributed by atoms with Gasteiger partial charge in [0.1, 0.15) is 0 Å². The van der Waals surface area contributed by atoms with Crippen molar-refractivity contribution >= 4 is 11.8 Å². The van der Waals surface area contributed by atoms with Crippen LogP contribution in [0.1, 0.15) is 27.2 Å². The molecule has 2 atom stereocenters. The van der Waals surface area contributed by atoms with Crippen molar-refractivity contribution in [3.8, 4) is 0 Å². The minimum Gasteiger partial charge on any atom is -0.355 e. The lowest BCUT2D eigenvalue weighted by atomic mass is 10.1. The third-order valence-corrected chi connectivity index (χ3v) is 3.37. The first-order valence-electron chi connectivity index (χ1n) is 7.41. The first-order chi connectivity index (χ1) is 9.42. The van der Waals surface area contributed by atoms with E-state index in [-0.39, 0.29) is 18.4 Å². The van der Waals surface area contributed by atoms with Gasteiger partial charge in [0.25, 0.3) is 0 Å². The fraction of sp³-hybridized carbons (Fsp3) is 0.857. The van der Waals surface area contributed by atoms with Crippen molar-refractivity contribution in [2.75, 3.05) is 39.8 Å². The zero-order chi connectivity index (χ0) is 15.1. The van der Waals surface area contributed by atoms with E-state index < -0.39 is 0 Å². The van der Waals surface area contributed by atoms with Crippen LogP contribution >= 0.6 is 0 Å². The molecular formula is C14H28N4O2. The number of hydrogen-bond acceptors (Lipinski definition) is 4. The molecule has 0 aliphatic carbocycles. The second-order valence-electron chi connectivity index (χ2n) is 5.76. The molecule has 6 nitrogen and oxygen atoms in total. The third-order valence-electron chi connectivity index (χ3n) is 3.37. The number of piperazine rings is 1. The van der Waals surface area contributed by atoms with Gasteiger partial charge < -0.3 is 15.5 Å². The van der Waals surface area contributed by atoms with Gasteiger partial charge in [-0.15, -0.1) is 0 Å². The summed E-state index contributed by atoms with van der Waals surface area (Å²) in [5, 5.41) is 6.22. The first-order valence-corrected chi connectivity index (χ1v) is 7.41. The Labute approximate surface area is 121 Å². The number of rotatable bonds is 6. The maximum absolute atomic E-state index is 12.1. The van der Waals surface area contributed by atoms with Gasteiger partial charge in [-0.3, -0.25) is 14.5 Å². The van der Waals surface area contributed by atoms with E-state index in [0.717, 1.165) is 19.5 Å². The normalized spacial score (nSPS) is 23.4. The van der Waals surface area contributed by atoms with Gasteiger partial charge in [0.05, 0.1) is 13.1 Å². The van der Waals surface area contributed by atoms with E-state index in [2.05, 4.69) is 29.4 Å². The average molecular weight is 284 g/mol. The molecule has 1 fully saturated rings. The van der Waals surface area contributed by atoms with Crippen molar-refractivity contribution in [3.63, 3.8) is 0 Å². The van der Waals surface area contributed by atoms with Crippen LogP contribution in [0.2, 0.25) is 0 Å².